The zero-order valence-corrected chi connectivity index (χ0v) is 14.5. The van der Waals surface area contributed by atoms with Gasteiger partial charge in [-0.05, 0) is 39.8 Å². The Morgan fingerprint density at radius 3 is 2.67 bits per heavy atom. The molecule has 1 aromatic heterocycles. The lowest BCUT2D eigenvalue weighted by molar-refractivity contribution is -0.122. The summed E-state index contributed by atoms with van der Waals surface area (Å²) in [5.74, 6) is 0.543. The van der Waals surface area contributed by atoms with Crippen molar-refractivity contribution in [2.24, 2.45) is 0 Å². The van der Waals surface area contributed by atoms with Gasteiger partial charge < -0.3 is 20.4 Å². The Kier molecular flexibility index (Phi) is 5.43. The van der Waals surface area contributed by atoms with E-state index in [1.807, 2.05) is 24.3 Å². The van der Waals surface area contributed by atoms with Crippen molar-refractivity contribution >= 4 is 23.0 Å². The number of carbonyl (C=O) groups is 2. The maximum Gasteiger partial charge on any atom is 0.408 e. The smallest absolute Gasteiger partial charge is 0.408 e. The second-order valence-electron chi connectivity index (χ2n) is 6.61. The Labute approximate surface area is 141 Å². The number of para-hydroxylation sites is 2. The fourth-order valence-corrected chi connectivity index (χ4v) is 2.13. The first kappa shape index (κ1) is 17.8. The van der Waals surface area contributed by atoms with Crippen LogP contribution in [0.15, 0.2) is 24.3 Å². The van der Waals surface area contributed by atoms with Crippen molar-refractivity contribution in [3.63, 3.8) is 0 Å². The van der Waals surface area contributed by atoms with Crippen LogP contribution in [-0.4, -0.2) is 40.2 Å². The lowest BCUT2D eigenvalue weighted by Crippen LogP contribution is -2.46. The number of nitrogens with one attached hydrogen (secondary N) is 3. The molecule has 2 rings (SSSR count). The molecular weight excluding hydrogens is 308 g/mol. The summed E-state index contributed by atoms with van der Waals surface area (Å²) in [4.78, 5) is 31.3. The Morgan fingerprint density at radius 2 is 2.00 bits per heavy atom. The van der Waals surface area contributed by atoms with Crippen molar-refractivity contribution in [1.29, 1.82) is 0 Å². The summed E-state index contributed by atoms with van der Waals surface area (Å²) >= 11 is 0. The quantitative estimate of drug-likeness (QED) is 0.781. The molecular formula is C17H24N4O3. The van der Waals surface area contributed by atoms with E-state index >= 15 is 0 Å². The van der Waals surface area contributed by atoms with Crippen LogP contribution in [0.25, 0.3) is 11.0 Å². The third kappa shape index (κ3) is 5.26. The molecule has 24 heavy (non-hydrogen) atoms. The number of hydrogen-bond donors (Lipinski definition) is 3. The van der Waals surface area contributed by atoms with E-state index in [1.54, 1.807) is 27.7 Å². The predicted octanol–water partition coefficient (Wildman–Crippen LogP) is 2.13. The van der Waals surface area contributed by atoms with Crippen molar-refractivity contribution < 1.29 is 14.3 Å². The Morgan fingerprint density at radius 1 is 1.29 bits per heavy atom. The van der Waals surface area contributed by atoms with Crippen molar-refractivity contribution in [2.45, 2.75) is 45.8 Å². The van der Waals surface area contributed by atoms with Crippen LogP contribution in [0.2, 0.25) is 0 Å². The number of alkyl carbamates (subject to hydrolysis) is 1. The number of nitrogens with zero attached hydrogens (tertiary/aromatic N) is 1. The van der Waals surface area contributed by atoms with Gasteiger partial charge in [0.1, 0.15) is 17.5 Å². The van der Waals surface area contributed by atoms with Crippen LogP contribution in [0.3, 0.4) is 0 Å². The van der Waals surface area contributed by atoms with Gasteiger partial charge >= 0.3 is 6.09 Å². The van der Waals surface area contributed by atoms with Gasteiger partial charge in [0.2, 0.25) is 5.91 Å². The standard InChI is InChI=1S/C17H24N4O3/c1-11(19-16(23)24-17(2,3)4)15(22)18-10-9-14-20-12-7-5-6-8-13(12)21-14/h5-8,11H,9-10H2,1-4H3,(H,18,22)(H,19,23)(H,20,21)/t11-/m1/s1. The molecule has 0 aliphatic heterocycles. The molecule has 2 amide bonds. The molecule has 0 saturated heterocycles. The average molecular weight is 332 g/mol. The van der Waals surface area contributed by atoms with Crippen molar-refractivity contribution in [3.8, 4) is 0 Å². The van der Waals surface area contributed by atoms with E-state index in [-0.39, 0.29) is 5.91 Å². The summed E-state index contributed by atoms with van der Waals surface area (Å²) in [5.41, 5.74) is 1.28. The highest BCUT2D eigenvalue weighted by molar-refractivity contribution is 5.85. The van der Waals surface area contributed by atoms with Crippen molar-refractivity contribution in [2.75, 3.05) is 6.54 Å². The van der Waals surface area contributed by atoms with E-state index in [0.717, 1.165) is 16.9 Å². The third-order valence-corrected chi connectivity index (χ3v) is 3.23. The van der Waals surface area contributed by atoms with E-state index < -0.39 is 17.7 Å². The predicted molar refractivity (Wildman–Crippen MR) is 91.6 cm³/mol. The molecule has 0 aliphatic carbocycles. The molecule has 130 valence electrons. The Balaban J connectivity index is 1.77. The number of imidazole rings is 1. The molecule has 0 unspecified atom stereocenters. The van der Waals surface area contributed by atoms with Gasteiger partial charge in [0.05, 0.1) is 11.0 Å². The Bertz CT molecular complexity index is 685. The van der Waals surface area contributed by atoms with Gasteiger partial charge in [0.25, 0.3) is 0 Å². The lowest BCUT2D eigenvalue weighted by atomic mass is 10.2. The summed E-state index contributed by atoms with van der Waals surface area (Å²) < 4.78 is 5.12. The largest absolute Gasteiger partial charge is 0.444 e. The lowest BCUT2D eigenvalue weighted by Gasteiger charge is -2.21. The van der Waals surface area contributed by atoms with Crippen molar-refractivity contribution in [1.82, 2.24) is 20.6 Å². The molecule has 0 spiro atoms. The maximum absolute atomic E-state index is 12.0. The van der Waals surface area contributed by atoms with Crippen LogP contribution >= 0.6 is 0 Å². The van der Waals surface area contributed by atoms with Crippen LogP contribution in [0.5, 0.6) is 0 Å². The van der Waals surface area contributed by atoms with Gasteiger partial charge in [0, 0.05) is 13.0 Å². The molecule has 0 fully saturated rings. The zero-order valence-electron chi connectivity index (χ0n) is 14.5. The van der Waals surface area contributed by atoms with E-state index in [0.29, 0.717) is 13.0 Å². The van der Waals surface area contributed by atoms with Crippen molar-refractivity contribution in [3.05, 3.63) is 30.1 Å². The first-order valence-electron chi connectivity index (χ1n) is 7.95. The van der Waals surface area contributed by atoms with E-state index in [9.17, 15) is 9.59 Å². The van der Waals surface area contributed by atoms with Crippen LogP contribution in [0, 0.1) is 0 Å². The van der Waals surface area contributed by atoms with Crippen LogP contribution < -0.4 is 10.6 Å². The van der Waals surface area contributed by atoms with E-state index in [1.165, 1.54) is 0 Å². The number of amides is 2. The number of hydrogen-bond acceptors (Lipinski definition) is 4. The average Bonchev–Trinajstić information content (AvgIpc) is 2.87. The fourth-order valence-electron chi connectivity index (χ4n) is 2.13. The number of benzene rings is 1. The number of aromatic amines is 1. The van der Waals surface area contributed by atoms with Crippen LogP contribution in [0.1, 0.15) is 33.5 Å². The van der Waals surface area contributed by atoms with Gasteiger partial charge in [-0.15, -0.1) is 0 Å². The van der Waals surface area contributed by atoms with Gasteiger partial charge in [-0.1, -0.05) is 12.1 Å². The minimum absolute atomic E-state index is 0.267. The summed E-state index contributed by atoms with van der Waals surface area (Å²) in [5, 5.41) is 5.28. The monoisotopic (exact) mass is 332 g/mol. The third-order valence-electron chi connectivity index (χ3n) is 3.23. The number of fused-ring (bicyclic) bond motifs is 1. The molecule has 0 aliphatic rings. The number of ether oxygens (including phenoxy) is 1. The summed E-state index contributed by atoms with van der Waals surface area (Å²) in [7, 11) is 0. The summed E-state index contributed by atoms with van der Waals surface area (Å²) in [6, 6.07) is 7.09. The number of aromatic nitrogens is 2. The molecule has 1 atom stereocenters. The van der Waals surface area contributed by atoms with E-state index in [2.05, 4.69) is 20.6 Å². The van der Waals surface area contributed by atoms with Gasteiger partial charge in [0.15, 0.2) is 0 Å². The van der Waals surface area contributed by atoms with E-state index in [4.69, 9.17) is 4.74 Å². The normalized spacial score (nSPS) is 12.7. The summed E-state index contributed by atoms with van der Waals surface area (Å²) in [6.45, 7) is 7.35. The van der Waals surface area contributed by atoms with Crippen LogP contribution in [-0.2, 0) is 16.0 Å². The molecule has 1 aromatic carbocycles. The highest BCUT2D eigenvalue weighted by Crippen LogP contribution is 2.10. The molecule has 3 N–H and O–H groups in total. The topological polar surface area (TPSA) is 96.1 Å². The molecule has 0 saturated carbocycles. The number of carbonyl (C=O) groups excluding carboxylic acids is 2. The highest BCUT2D eigenvalue weighted by Gasteiger charge is 2.20. The fraction of sp³-hybridized carbons (Fsp3) is 0.471. The summed E-state index contributed by atoms with van der Waals surface area (Å²) in [6.07, 6.45) is -0.0259. The zero-order chi connectivity index (χ0) is 17.7. The molecule has 0 radical (unpaired) electrons. The van der Waals surface area contributed by atoms with Gasteiger partial charge in [-0.25, -0.2) is 9.78 Å². The first-order chi connectivity index (χ1) is 11.2. The maximum atomic E-state index is 12.0. The molecule has 2 aromatic rings. The molecule has 1 heterocycles. The molecule has 0 bridgehead atoms. The minimum Gasteiger partial charge on any atom is -0.444 e. The minimum atomic E-state index is -0.671. The second kappa shape index (κ2) is 7.33. The van der Waals surface area contributed by atoms with Gasteiger partial charge in [-0.2, -0.15) is 0 Å². The Hall–Kier alpha value is -2.57. The second-order valence-corrected chi connectivity index (χ2v) is 6.61. The molecule has 7 nitrogen and oxygen atoms in total. The number of rotatable bonds is 5. The highest BCUT2D eigenvalue weighted by atomic mass is 16.6. The SMILES string of the molecule is C[C@@H](NC(=O)OC(C)(C)C)C(=O)NCCc1nc2ccccc2[nH]1. The van der Waals surface area contributed by atoms with Crippen LogP contribution in [0.4, 0.5) is 4.79 Å². The van der Waals surface area contributed by atoms with Gasteiger partial charge in [-0.3, -0.25) is 4.79 Å². The number of H-pyrrole nitrogens is 1. The first-order valence-corrected chi connectivity index (χ1v) is 7.95. The molecule has 7 heteroatoms.